The Hall–Kier alpha value is -1.95. The summed E-state index contributed by atoms with van der Waals surface area (Å²) in [6.45, 7) is 3.06. The molecule has 0 aliphatic carbocycles. The average molecular weight is 311 g/mol. The van der Waals surface area contributed by atoms with Crippen LogP contribution in [0.1, 0.15) is 18.4 Å². The summed E-state index contributed by atoms with van der Waals surface area (Å²) in [7, 11) is 0. The summed E-state index contributed by atoms with van der Waals surface area (Å²) < 4.78 is 0. The summed E-state index contributed by atoms with van der Waals surface area (Å²) in [6, 6.07) is 5.26. The highest BCUT2D eigenvalue weighted by atomic mass is 35.5. The molecule has 0 radical (unpaired) electrons. The van der Waals surface area contributed by atoms with Crippen molar-refractivity contribution in [3.05, 3.63) is 28.8 Å². The number of carbonyl (C=O) groups is 1. The molecule has 0 unspecified atom stereocenters. The minimum absolute atomic E-state index is 0.0351. The number of carbonyl (C=O) groups excluding carboxylic acids is 1. The van der Waals surface area contributed by atoms with E-state index in [-0.39, 0.29) is 17.8 Å². The molecule has 7 heteroatoms. The van der Waals surface area contributed by atoms with Crippen molar-refractivity contribution in [2.45, 2.75) is 19.8 Å². The van der Waals surface area contributed by atoms with E-state index in [1.807, 2.05) is 19.1 Å². The lowest BCUT2D eigenvalue weighted by molar-refractivity contribution is 0.192. The Morgan fingerprint density at radius 1 is 1.48 bits per heavy atom. The predicted octanol–water partition coefficient (Wildman–Crippen LogP) is 2.64. The smallest absolute Gasteiger partial charge is 0.321 e. The monoisotopic (exact) mass is 310 g/mol. The molecule has 1 heterocycles. The van der Waals surface area contributed by atoms with Gasteiger partial charge < -0.3 is 21.2 Å². The lowest BCUT2D eigenvalue weighted by Gasteiger charge is -2.31. The van der Waals surface area contributed by atoms with E-state index in [4.69, 9.17) is 22.5 Å². The number of hydrogen-bond donors (Lipinski definition) is 3. The maximum absolute atomic E-state index is 12.2. The van der Waals surface area contributed by atoms with Crippen molar-refractivity contribution in [3.63, 3.8) is 0 Å². The van der Waals surface area contributed by atoms with E-state index in [9.17, 15) is 4.79 Å². The second-order valence-corrected chi connectivity index (χ2v) is 5.59. The zero-order chi connectivity index (χ0) is 15.4. The molecule has 6 nitrogen and oxygen atoms in total. The number of likely N-dealkylation sites (tertiary alicyclic amines) is 1. The minimum atomic E-state index is -0.159. The van der Waals surface area contributed by atoms with Crippen LogP contribution in [0.3, 0.4) is 0 Å². The number of nitrogens with two attached hydrogens (primary N) is 1. The maximum Gasteiger partial charge on any atom is 0.321 e. The SMILES string of the molecule is Cc1ccc(NC(=O)N2CCC(C(N)=NO)CC2)cc1Cl. The molecule has 0 aromatic heterocycles. The highest BCUT2D eigenvalue weighted by Gasteiger charge is 2.25. The Kier molecular flexibility index (Phi) is 4.90. The fraction of sp³-hybridized carbons (Fsp3) is 0.429. The molecule has 0 atom stereocenters. The van der Waals surface area contributed by atoms with E-state index in [2.05, 4.69) is 10.5 Å². The molecule has 0 bridgehead atoms. The van der Waals surface area contributed by atoms with Gasteiger partial charge in [-0.05, 0) is 37.5 Å². The number of aryl methyl sites for hydroxylation is 1. The van der Waals surface area contributed by atoms with Crippen molar-refractivity contribution in [2.75, 3.05) is 18.4 Å². The van der Waals surface area contributed by atoms with E-state index >= 15 is 0 Å². The van der Waals surface area contributed by atoms with Gasteiger partial charge in [-0.2, -0.15) is 0 Å². The molecule has 114 valence electrons. The number of halogens is 1. The van der Waals surface area contributed by atoms with Crippen LogP contribution < -0.4 is 11.1 Å². The van der Waals surface area contributed by atoms with Gasteiger partial charge in [-0.1, -0.05) is 22.8 Å². The third-order valence-corrected chi connectivity index (χ3v) is 4.15. The first-order valence-electron chi connectivity index (χ1n) is 6.80. The van der Waals surface area contributed by atoms with Crippen molar-refractivity contribution < 1.29 is 10.0 Å². The molecule has 1 fully saturated rings. The van der Waals surface area contributed by atoms with Crippen molar-refractivity contribution >= 4 is 29.2 Å². The van der Waals surface area contributed by atoms with Gasteiger partial charge in [-0.3, -0.25) is 0 Å². The molecule has 21 heavy (non-hydrogen) atoms. The average Bonchev–Trinajstić information content (AvgIpc) is 2.50. The molecule has 1 aromatic carbocycles. The number of urea groups is 1. The second-order valence-electron chi connectivity index (χ2n) is 5.18. The lowest BCUT2D eigenvalue weighted by Crippen LogP contribution is -2.43. The number of piperidine rings is 1. The molecule has 2 rings (SSSR count). The van der Waals surface area contributed by atoms with E-state index in [0.717, 1.165) is 5.56 Å². The van der Waals surface area contributed by atoms with E-state index in [1.165, 1.54) is 0 Å². The van der Waals surface area contributed by atoms with E-state index < -0.39 is 0 Å². The van der Waals surface area contributed by atoms with Gasteiger partial charge in [0.25, 0.3) is 0 Å². The predicted molar refractivity (Wildman–Crippen MR) is 82.9 cm³/mol. The van der Waals surface area contributed by atoms with Gasteiger partial charge in [-0.25, -0.2) is 4.79 Å². The largest absolute Gasteiger partial charge is 0.409 e. The Morgan fingerprint density at radius 3 is 2.71 bits per heavy atom. The Bertz CT molecular complexity index is 554. The van der Waals surface area contributed by atoms with E-state index in [0.29, 0.717) is 36.6 Å². The first kappa shape index (κ1) is 15.4. The molecule has 1 saturated heterocycles. The van der Waals surface area contributed by atoms with Gasteiger partial charge in [0.2, 0.25) is 0 Å². The standard InChI is InChI=1S/C14H19ClN4O2/c1-9-2-3-11(8-12(9)15)17-14(20)19-6-4-10(5-7-19)13(16)18-21/h2-3,8,10,21H,4-7H2,1H3,(H2,16,18)(H,17,20). The molecule has 4 N–H and O–H groups in total. The first-order chi connectivity index (χ1) is 10.0. The molecular weight excluding hydrogens is 292 g/mol. The fourth-order valence-corrected chi connectivity index (χ4v) is 2.51. The number of rotatable bonds is 2. The van der Waals surface area contributed by atoms with E-state index in [1.54, 1.807) is 11.0 Å². The number of benzene rings is 1. The van der Waals surface area contributed by atoms with Crippen molar-refractivity contribution in [1.29, 1.82) is 0 Å². The van der Waals surface area contributed by atoms with Crippen LogP contribution in [0.25, 0.3) is 0 Å². The number of nitrogens with zero attached hydrogens (tertiary/aromatic N) is 2. The van der Waals surface area contributed by atoms with Crippen LogP contribution in [0.4, 0.5) is 10.5 Å². The van der Waals surface area contributed by atoms with Gasteiger partial charge in [-0.15, -0.1) is 0 Å². The molecule has 0 saturated carbocycles. The topological polar surface area (TPSA) is 91.0 Å². The molecular formula is C14H19ClN4O2. The zero-order valence-corrected chi connectivity index (χ0v) is 12.6. The van der Waals surface area contributed by atoms with Crippen LogP contribution in [0.15, 0.2) is 23.4 Å². The highest BCUT2D eigenvalue weighted by molar-refractivity contribution is 6.31. The van der Waals surface area contributed by atoms with Crippen LogP contribution in [0.2, 0.25) is 5.02 Å². The number of anilines is 1. The third-order valence-electron chi connectivity index (χ3n) is 3.74. The van der Waals surface area contributed by atoms with Crippen LogP contribution in [0, 0.1) is 12.8 Å². The summed E-state index contributed by atoms with van der Waals surface area (Å²) >= 11 is 6.04. The van der Waals surface area contributed by atoms with Crippen molar-refractivity contribution in [3.8, 4) is 0 Å². The van der Waals surface area contributed by atoms with Gasteiger partial charge >= 0.3 is 6.03 Å². The van der Waals surface area contributed by atoms with Gasteiger partial charge in [0, 0.05) is 29.7 Å². The number of oxime groups is 1. The molecule has 2 amide bonds. The van der Waals surface area contributed by atoms with Crippen LogP contribution >= 0.6 is 11.6 Å². The summed E-state index contributed by atoms with van der Waals surface area (Å²) in [5.74, 6) is 0.272. The highest BCUT2D eigenvalue weighted by Crippen LogP contribution is 2.22. The number of amides is 2. The molecule has 1 aliphatic heterocycles. The van der Waals surface area contributed by atoms with Gasteiger partial charge in [0.05, 0.1) is 0 Å². The molecule has 1 aliphatic rings. The molecule has 0 spiro atoms. The Labute approximate surface area is 128 Å². The van der Waals surface area contributed by atoms with Gasteiger partial charge in [0.1, 0.15) is 5.84 Å². The van der Waals surface area contributed by atoms with Crippen molar-refractivity contribution in [2.24, 2.45) is 16.8 Å². The van der Waals surface area contributed by atoms with Gasteiger partial charge in [0.15, 0.2) is 0 Å². The van der Waals surface area contributed by atoms with Crippen molar-refractivity contribution in [1.82, 2.24) is 4.90 Å². The minimum Gasteiger partial charge on any atom is -0.409 e. The first-order valence-corrected chi connectivity index (χ1v) is 7.18. The number of hydrogen-bond acceptors (Lipinski definition) is 3. The zero-order valence-electron chi connectivity index (χ0n) is 11.8. The summed E-state index contributed by atoms with van der Waals surface area (Å²) in [5, 5.41) is 15.1. The maximum atomic E-state index is 12.2. The van der Waals surface area contributed by atoms with Crippen LogP contribution in [-0.2, 0) is 0 Å². The summed E-state index contributed by atoms with van der Waals surface area (Å²) in [6.07, 6.45) is 1.38. The number of nitrogens with one attached hydrogen (secondary N) is 1. The fourth-order valence-electron chi connectivity index (χ4n) is 2.33. The summed E-state index contributed by atoms with van der Waals surface area (Å²) in [4.78, 5) is 13.9. The lowest BCUT2D eigenvalue weighted by atomic mass is 9.96. The van der Waals surface area contributed by atoms with Crippen LogP contribution in [0.5, 0.6) is 0 Å². The number of amidine groups is 1. The third kappa shape index (κ3) is 3.78. The quantitative estimate of drug-likeness (QED) is 0.339. The Balaban J connectivity index is 1.91. The normalized spacial score (nSPS) is 16.9. The van der Waals surface area contributed by atoms with Crippen LogP contribution in [-0.4, -0.2) is 35.1 Å². The Morgan fingerprint density at radius 2 is 2.14 bits per heavy atom. The molecule has 1 aromatic rings. The second kappa shape index (κ2) is 6.67. The summed E-state index contributed by atoms with van der Waals surface area (Å²) in [5.41, 5.74) is 7.23.